The van der Waals surface area contributed by atoms with Gasteiger partial charge in [0, 0.05) is 59.6 Å². The summed E-state index contributed by atoms with van der Waals surface area (Å²) in [7, 11) is 0. The van der Waals surface area contributed by atoms with Crippen molar-refractivity contribution in [3.63, 3.8) is 0 Å². The van der Waals surface area contributed by atoms with Crippen LogP contribution in [0.3, 0.4) is 0 Å². The van der Waals surface area contributed by atoms with Crippen LogP contribution in [0.2, 0.25) is 0 Å². The number of benzene rings is 9. The van der Waals surface area contributed by atoms with E-state index in [1.807, 2.05) is 35.6 Å². The fraction of sp³-hybridized carbons (Fsp3) is 0. The van der Waals surface area contributed by atoms with Gasteiger partial charge in [0.05, 0.1) is 0 Å². The monoisotopic (exact) mass is 734 g/mol. The molecular formula is C51H30N2O2S. The van der Waals surface area contributed by atoms with Gasteiger partial charge in [-0.3, -0.25) is 0 Å². The third-order valence-electron chi connectivity index (χ3n) is 11.0. The Hall–Kier alpha value is -7.21. The second kappa shape index (κ2) is 12.2. The molecule has 0 saturated heterocycles. The van der Waals surface area contributed by atoms with Crippen molar-refractivity contribution in [1.82, 2.24) is 4.98 Å². The van der Waals surface area contributed by atoms with E-state index in [0.717, 1.165) is 72.0 Å². The van der Waals surface area contributed by atoms with Gasteiger partial charge in [0.2, 0.25) is 5.89 Å². The van der Waals surface area contributed by atoms with Gasteiger partial charge in [-0.25, -0.2) is 4.98 Å². The fourth-order valence-electron chi connectivity index (χ4n) is 8.39. The Morgan fingerprint density at radius 1 is 0.429 bits per heavy atom. The van der Waals surface area contributed by atoms with Gasteiger partial charge >= 0.3 is 0 Å². The first-order chi connectivity index (χ1) is 27.7. The minimum absolute atomic E-state index is 0.580. The molecule has 0 N–H and O–H groups in total. The van der Waals surface area contributed by atoms with Crippen LogP contribution in [0.5, 0.6) is 0 Å². The molecule has 5 heteroatoms. The maximum Gasteiger partial charge on any atom is 0.228 e. The maximum atomic E-state index is 6.66. The quantitative estimate of drug-likeness (QED) is 0.177. The molecule has 0 saturated carbocycles. The van der Waals surface area contributed by atoms with Gasteiger partial charge in [-0.1, -0.05) is 115 Å². The predicted octanol–water partition coefficient (Wildman–Crippen LogP) is 15.2. The summed E-state index contributed by atoms with van der Waals surface area (Å²) >= 11 is 1.86. The lowest BCUT2D eigenvalue weighted by Crippen LogP contribution is -2.09. The van der Waals surface area contributed by atoms with Gasteiger partial charge in [0.25, 0.3) is 0 Å². The molecule has 0 aliphatic rings. The predicted molar refractivity (Wildman–Crippen MR) is 235 cm³/mol. The number of aromatic nitrogens is 1. The summed E-state index contributed by atoms with van der Waals surface area (Å²) in [5.74, 6) is 0.580. The first-order valence-corrected chi connectivity index (χ1v) is 19.6. The van der Waals surface area contributed by atoms with Gasteiger partial charge in [-0.05, 0) is 93.3 Å². The van der Waals surface area contributed by atoms with E-state index in [1.54, 1.807) is 0 Å². The second-order valence-electron chi connectivity index (χ2n) is 14.3. The van der Waals surface area contributed by atoms with Crippen molar-refractivity contribution >= 4 is 103 Å². The number of fused-ring (bicyclic) bond motifs is 10. The number of rotatable bonds is 5. The van der Waals surface area contributed by atoms with E-state index >= 15 is 0 Å². The summed E-state index contributed by atoms with van der Waals surface area (Å²) in [5, 5.41) is 9.38. The molecule has 0 unspecified atom stereocenters. The van der Waals surface area contributed by atoms with Crippen LogP contribution >= 0.6 is 11.3 Å². The fourth-order valence-corrected chi connectivity index (χ4v) is 9.67. The Bertz CT molecular complexity index is 3450. The smallest absolute Gasteiger partial charge is 0.228 e. The average Bonchev–Trinajstić information content (AvgIpc) is 3.96. The van der Waals surface area contributed by atoms with Crippen LogP contribution in [0.4, 0.5) is 17.1 Å². The van der Waals surface area contributed by atoms with Crippen molar-refractivity contribution in [1.29, 1.82) is 0 Å². The minimum Gasteiger partial charge on any atom is -0.456 e. The summed E-state index contributed by atoms with van der Waals surface area (Å²) in [5.41, 5.74) is 9.57. The van der Waals surface area contributed by atoms with Gasteiger partial charge in [0.1, 0.15) is 16.7 Å². The highest BCUT2D eigenvalue weighted by Crippen LogP contribution is 2.45. The van der Waals surface area contributed by atoms with E-state index < -0.39 is 0 Å². The second-order valence-corrected chi connectivity index (χ2v) is 15.4. The molecule has 12 aromatic rings. The summed E-state index contributed by atoms with van der Waals surface area (Å²) in [4.78, 5) is 7.31. The van der Waals surface area contributed by atoms with Crippen LogP contribution in [0.25, 0.3) is 97.3 Å². The van der Waals surface area contributed by atoms with E-state index in [-0.39, 0.29) is 0 Å². The van der Waals surface area contributed by atoms with Crippen LogP contribution in [-0.2, 0) is 0 Å². The van der Waals surface area contributed by atoms with Crippen LogP contribution in [0, 0.1) is 0 Å². The van der Waals surface area contributed by atoms with Crippen LogP contribution in [-0.4, -0.2) is 4.98 Å². The highest BCUT2D eigenvalue weighted by molar-refractivity contribution is 7.26. The molecule has 0 fully saturated rings. The molecule has 56 heavy (non-hydrogen) atoms. The first kappa shape index (κ1) is 31.2. The van der Waals surface area contributed by atoms with Gasteiger partial charge in [-0.15, -0.1) is 11.3 Å². The molecule has 0 radical (unpaired) electrons. The number of oxazole rings is 1. The Kier molecular flexibility index (Phi) is 6.76. The summed E-state index contributed by atoms with van der Waals surface area (Å²) in [6, 6.07) is 64.5. The zero-order valence-corrected chi connectivity index (χ0v) is 30.8. The zero-order valence-electron chi connectivity index (χ0n) is 29.9. The molecule has 3 heterocycles. The lowest BCUT2D eigenvalue weighted by atomic mass is 10.0. The average molecular weight is 735 g/mol. The summed E-state index contributed by atoms with van der Waals surface area (Å²) < 4.78 is 15.7. The third-order valence-corrected chi connectivity index (χ3v) is 12.2. The first-order valence-electron chi connectivity index (χ1n) is 18.8. The number of nitrogens with zero attached hydrogens (tertiary/aromatic N) is 2. The van der Waals surface area contributed by atoms with Crippen molar-refractivity contribution in [3.8, 4) is 22.6 Å². The van der Waals surface area contributed by atoms with E-state index in [4.69, 9.17) is 13.8 Å². The number of thiophene rings is 1. The van der Waals surface area contributed by atoms with E-state index in [2.05, 4.69) is 163 Å². The molecule has 4 nitrogen and oxygen atoms in total. The Labute approximate surface area is 325 Å². The Morgan fingerprint density at radius 3 is 2.04 bits per heavy atom. The standard InChI is InChI=1S/C51H30N2O2S/c1-2-10-31(11-3-1)33-15-8-16-36(26-33)53(38-21-24-40-41-23-20-32-12-6-7-17-39(32)50(41)56-48(40)30-38)37-22-25-42-46(29-37)54-45-19-9-18-43(49(42)45)51-52-44-27-34-13-4-5-14-35(34)28-47(44)55-51/h1-30H. The zero-order chi connectivity index (χ0) is 36.7. The van der Waals surface area contributed by atoms with E-state index in [1.165, 1.54) is 36.5 Å². The molecule has 12 rings (SSSR count). The van der Waals surface area contributed by atoms with Crippen LogP contribution in [0.1, 0.15) is 0 Å². The molecule has 0 atom stereocenters. The molecule has 0 aliphatic carbocycles. The van der Waals surface area contributed by atoms with Crippen molar-refractivity contribution < 1.29 is 8.83 Å². The molecule has 3 aromatic heterocycles. The van der Waals surface area contributed by atoms with Gasteiger partial charge in [0.15, 0.2) is 5.58 Å². The van der Waals surface area contributed by atoms with Gasteiger partial charge in [-0.2, -0.15) is 0 Å². The van der Waals surface area contributed by atoms with Gasteiger partial charge < -0.3 is 13.7 Å². The topological polar surface area (TPSA) is 42.4 Å². The number of hydrogen-bond donors (Lipinski definition) is 0. The normalized spacial score (nSPS) is 11.9. The number of anilines is 3. The lowest BCUT2D eigenvalue weighted by Gasteiger charge is -2.26. The highest BCUT2D eigenvalue weighted by Gasteiger charge is 2.21. The van der Waals surface area contributed by atoms with E-state index in [9.17, 15) is 0 Å². The van der Waals surface area contributed by atoms with Crippen LogP contribution in [0.15, 0.2) is 191 Å². The Balaban J connectivity index is 1.03. The summed E-state index contributed by atoms with van der Waals surface area (Å²) in [6.07, 6.45) is 0. The molecule has 262 valence electrons. The molecule has 0 aliphatic heterocycles. The van der Waals surface area contributed by atoms with Crippen molar-refractivity contribution in [3.05, 3.63) is 182 Å². The lowest BCUT2D eigenvalue weighted by molar-refractivity contribution is 0.620. The third kappa shape index (κ3) is 4.88. The van der Waals surface area contributed by atoms with Crippen molar-refractivity contribution in [2.24, 2.45) is 0 Å². The van der Waals surface area contributed by atoms with Crippen LogP contribution < -0.4 is 4.90 Å². The largest absolute Gasteiger partial charge is 0.456 e. The van der Waals surface area contributed by atoms with E-state index in [0.29, 0.717) is 5.89 Å². The maximum absolute atomic E-state index is 6.66. The molecule has 9 aromatic carbocycles. The number of hydrogen-bond acceptors (Lipinski definition) is 5. The SMILES string of the molecule is c1ccc(-c2cccc(N(c3ccc4c(c3)oc3cccc(-c5nc6cc7ccccc7cc6o5)c34)c3ccc4c(c3)sc3c5ccccc5ccc43)c2)cc1. The molecule has 0 amide bonds. The van der Waals surface area contributed by atoms with Crippen molar-refractivity contribution in [2.75, 3.05) is 4.90 Å². The summed E-state index contributed by atoms with van der Waals surface area (Å²) in [6.45, 7) is 0. The Morgan fingerprint density at radius 2 is 1.14 bits per heavy atom. The molecule has 0 spiro atoms. The van der Waals surface area contributed by atoms with Crippen molar-refractivity contribution in [2.45, 2.75) is 0 Å². The number of furan rings is 1. The molecule has 0 bridgehead atoms. The molecular weight excluding hydrogens is 705 g/mol. The highest BCUT2D eigenvalue weighted by atomic mass is 32.1. The minimum atomic E-state index is 0.580.